The molecule has 16 heavy (non-hydrogen) atoms. The van der Waals surface area contributed by atoms with Crippen LogP contribution >= 0.6 is 11.6 Å². The Morgan fingerprint density at radius 1 is 1.62 bits per heavy atom. The van der Waals surface area contributed by atoms with Crippen molar-refractivity contribution in [2.24, 2.45) is 0 Å². The molecule has 1 unspecified atom stereocenters. The van der Waals surface area contributed by atoms with Gasteiger partial charge in [-0.15, -0.1) is 0 Å². The summed E-state index contributed by atoms with van der Waals surface area (Å²) in [6.07, 6.45) is 2.72. The van der Waals surface area contributed by atoms with Gasteiger partial charge in [-0.3, -0.25) is 9.78 Å². The number of rotatable bonds is 5. The standard InChI is InChI=1S/C10H14ClN3O2/c1-3-16-7(2)4-13-10(15)8-5-12-6-9(11)14-8/h5-7H,3-4H2,1-2H3,(H,13,15). The Labute approximate surface area is 99.2 Å². The van der Waals surface area contributed by atoms with Crippen LogP contribution in [0.1, 0.15) is 24.3 Å². The van der Waals surface area contributed by atoms with Gasteiger partial charge in [-0.2, -0.15) is 0 Å². The van der Waals surface area contributed by atoms with Crippen LogP contribution in [0.25, 0.3) is 0 Å². The van der Waals surface area contributed by atoms with Gasteiger partial charge >= 0.3 is 0 Å². The first-order valence-corrected chi connectivity index (χ1v) is 5.38. The average molecular weight is 244 g/mol. The van der Waals surface area contributed by atoms with E-state index in [1.165, 1.54) is 12.4 Å². The van der Waals surface area contributed by atoms with Crippen molar-refractivity contribution in [2.75, 3.05) is 13.2 Å². The summed E-state index contributed by atoms with van der Waals surface area (Å²) in [5, 5.41) is 2.89. The zero-order valence-corrected chi connectivity index (χ0v) is 9.99. The van der Waals surface area contributed by atoms with Crippen LogP contribution in [0.3, 0.4) is 0 Å². The van der Waals surface area contributed by atoms with Crippen molar-refractivity contribution >= 4 is 17.5 Å². The number of aromatic nitrogens is 2. The molecule has 1 amide bonds. The van der Waals surface area contributed by atoms with Crippen LogP contribution in [0.5, 0.6) is 0 Å². The number of halogens is 1. The molecule has 6 heteroatoms. The minimum atomic E-state index is -0.304. The Hall–Kier alpha value is -1.20. The monoisotopic (exact) mass is 243 g/mol. The van der Waals surface area contributed by atoms with Crippen molar-refractivity contribution in [3.8, 4) is 0 Å². The number of amides is 1. The van der Waals surface area contributed by atoms with E-state index in [-0.39, 0.29) is 22.9 Å². The minimum Gasteiger partial charge on any atom is -0.377 e. The molecule has 0 saturated heterocycles. The van der Waals surface area contributed by atoms with Crippen molar-refractivity contribution in [1.29, 1.82) is 0 Å². The summed E-state index contributed by atoms with van der Waals surface area (Å²) in [6.45, 7) is 4.84. The summed E-state index contributed by atoms with van der Waals surface area (Å²) < 4.78 is 5.28. The molecule has 0 fully saturated rings. The average Bonchev–Trinajstić information content (AvgIpc) is 2.26. The normalized spacial score (nSPS) is 12.2. The van der Waals surface area contributed by atoms with Crippen LogP contribution < -0.4 is 5.32 Å². The quantitative estimate of drug-likeness (QED) is 0.846. The Morgan fingerprint density at radius 2 is 2.38 bits per heavy atom. The third kappa shape index (κ3) is 4.12. The van der Waals surface area contributed by atoms with E-state index in [4.69, 9.17) is 16.3 Å². The van der Waals surface area contributed by atoms with Crippen LogP contribution in [-0.2, 0) is 4.74 Å². The Bertz CT molecular complexity index is 360. The molecule has 0 aliphatic heterocycles. The summed E-state index contributed by atoms with van der Waals surface area (Å²) in [7, 11) is 0. The van der Waals surface area contributed by atoms with Gasteiger partial charge in [0.05, 0.1) is 18.5 Å². The van der Waals surface area contributed by atoms with Gasteiger partial charge in [-0.1, -0.05) is 11.6 Å². The smallest absolute Gasteiger partial charge is 0.271 e. The maximum Gasteiger partial charge on any atom is 0.271 e. The predicted molar refractivity (Wildman–Crippen MR) is 60.5 cm³/mol. The largest absolute Gasteiger partial charge is 0.377 e. The Morgan fingerprint density at radius 3 is 3.00 bits per heavy atom. The molecular weight excluding hydrogens is 230 g/mol. The summed E-state index contributed by atoms with van der Waals surface area (Å²) >= 11 is 5.62. The molecule has 0 aliphatic rings. The molecule has 0 spiro atoms. The van der Waals surface area contributed by atoms with E-state index in [1.54, 1.807) is 0 Å². The SMILES string of the molecule is CCOC(C)CNC(=O)c1cncc(Cl)n1. The molecule has 0 aromatic carbocycles. The molecule has 1 rings (SSSR count). The molecule has 1 atom stereocenters. The van der Waals surface area contributed by atoms with E-state index in [0.29, 0.717) is 13.2 Å². The highest BCUT2D eigenvalue weighted by Gasteiger charge is 2.09. The topological polar surface area (TPSA) is 64.1 Å². The first-order chi connectivity index (χ1) is 7.63. The van der Waals surface area contributed by atoms with E-state index in [9.17, 15) is 4.79 Å². The molecule has 0 aliphatic carbocycles. The van der Waals surface area contributed by atoms with Gasteiger partial charge in [0.2, 0.25) is 0 Å². The van der Waals surface area contributed by atoms with Gasteiger partial charge < -0.3 is 10.1 Å². The van der Waals surface area contributed by atoms with Crippen molar-refractivity contribution in [3.05, 3.63) is 23.2 Å². The lowest BCUT2D eigenvalue weighted by atomic mass is 10.3. The van der Waals surface area contributed by atoms with Gasteiger partial charge in [0, 0.05) is 13.2 Å². The van der Waals surface area contributed by atoms with E-state index >= 15 is 0 Å². The summed E-state index contributed by atoms with van der Waals surface area (Å²) in [5.41, 5.74) is 0.205. The van der Waals surface area contributed by atoms with Crippen LogP contribution in [0.4, 0.5) is 0 Å². The Kier molecular flexibility index (Phi) is 5.14. The molecule has 1 aromatic heterocycles. The lowest BCUT2D eigenvalue weighted by Gasteiger charge is -2.12. The number of carbonyl (C=O) groups is 1. The highest BCUT2D eigenvalue weighted by molar-refractivity contribution is 6.29. The number of hydrogen-bond acceptors (Lipinski definition) is 4. The summed E-state index contributed by atoms with van der Waals surface area (Å²) in [5.74, 6) is -0.304. The summed E-state index contributed by atoms with van der Waals surface area (Å²) in [6, 6.07) is 0. The third-order valence-electron chi connectivity index (χ3n) is 1.84. The second-order valence-electron chi connectivity index (χ2n) is 3.20. The van der Waals surface area contributed by atoms with Crippen molar-refractivity contribution in [2.45, 2.75) is 20.0 Å². The fraction of sp³-hybridized carbons (Fsp3) is 0.500. The fourth-order valence-electron chi connectivity index (χ4n) is 1.12. The number of nitrogens with one attached hydrogen (secondary N) is 1. The summed E-state index contributed by atoms with van der Waals surface area (Å²) in [4.78, 5) is 19.2. The maximum atomic E-state index is 11.6. The molecule has 1 N–H and O–H groups in total. The number of ether oxygens (including phenoxy) is 1. The minimum absolute atomic E-state index is 0.0268. The third-order valence-corrected chi connectivity index (χ3v) is 2.02. The van der Waals surface area contributed by atoms with Gasteiger partial charge in [0.1, 0.15) is 10.8 Å². The molecular formula is C10H14ClN3O2. The zero-order valence-electron chi connectivity index (χ0n) is 9.24. The van der Waals surface area contributed by atoms with Gasteiger partial charge in [-0.05, 0) is 13.8 Å². The molecule has 0 saturated carbocycles. The molecule has 0 bridgehead atoms. The van der Waals surface area contributed by atoms with E-state index in [1.807, 2.05) is 13.8 Å². The second-order valence-corrected chi connectivity index (χ2v) is 3.59. The van der Waals surface area contributed by atoms with E-state index in [2.05, 4.69) is 15.3 Å². The molecule has 0 radical (unpaired) electrons. The van der Waals surface area contributed by atoms with Crippen molar-refractivity contribution < 1.29 is 9.53 Å². The zero-order chi connectivity index (χ0) is 12.0. The molecule has 1 aromatic rings. The number of nitrogens with zero attached hydrogens (tertiary/aromatic N) is 2. The molecule has 1 heterocycles. The second kappa shape index (κ2) is 6.40. The first-order valence-electron chi connectivity index (χ1n) is 5.00. The van der Waals surface area contributed by atoms with Crippen molar-refractivity contribution in [1.82, 2.24) is 15.3 Å². The van der Waals surface area contributed by atoms with Crippen molar-refractivity contribution in [3.63, 3.8) is 0 Å². The van der Waals surface area contributed by atoms with Gasteiger partial charge in [-0.25, -0.2) is 4.98 Å². The first kappa shape index (κ1) is 12.9. The fourth-order valence-corrected chi connectivity index (χ4v) is 1.27. The highest BCUT2D eigenvalue weighted by atomic mass is 35.5. The molecule has 88 valence electrons. The number of carbonyl (C=O) groups excluding carboxylic acids is 1. The van der Waals surface area contributed by atoms with Crippen LogP contribution in [0, 0.1) is 0 Å². The van der Waals surface area contributed by atoms with E-state index in [0.717, 1.165) is 0 Å². The lowest BCUT2D eigenvalue weighted by molar-refractivity contribution is 0.0693. The Balaban J connectivity index is 2.47. The predicted octanol–water partition coefficient (Wildman–Crippen LogP) is 1.28. The van der Waals surface area contributed by atoms with E-state index < -0.39 is 0 Å². The molecule has 5 nitrogen and oxygen atoms in total. The lowest BCUT2D eigenvalue weighted by Crippen LogP contribution is -2.32. The van der Waals surface area contributed by atoms with Crippen LogP contribution in [0.15, 0.2) is 12.4 Å². The van der Waals surface area contributed by atoms with Gasteiger partial charge in [0.15, 0.2) is 0 Å². The maximum absolute atomic E-state index is 11.6. The number of hydrogen-bond donors (Lipinski definition) is 1. The van der Waals surface area contributed by atoms with Gasteiger partial charge in [0.25, 0.3) is 5.91 Å². The highest BCUT2D eigenvalue weighted by Crippen LogP contribution is 2.02. The van der Waals surface area contributed by atoms with Crippen LogP contribution in [0.2, 0.25) is 5.15 Å². The van der Waals surface area contributed by atoms with Crippen LogP contribution in [-0.4, -0.2) is 35.1 Å².